The number of nitrogens with zero attached hydrogens (tertiary/aromatic N) is 1. The van der Waals surface area contributed by atoms with Crippen molar-refractivity contribution in [3.63, 3.8) is 0 Å². The monoisotopic (exact) mass is 363 g/mol. The number of aliphatic imine (C=N–C) groups is 1. The second kappa shape index (κ2) is 7.77. The lowest BCUT2D eigenvalue weighted by Gasteiger charge is -2.31. The average molecular weight is 364 g/mol. The molecule has 1 aromatic carbocycles. The van der Waals surface area contributed by atoms with Gasteiger partial charge in [0.1, 0.15) is 0 Å². The first-order chi connectivity index (χ1) is 12.0. The number of guanidine groups is 1. The van der Waals surface area contributed by atoms with Crippen LogP contribution < -0.4 is 10.6 Å². The van der Waals surface area contributed by atoms with Gasteiger partial charge < -0.3 is 10.6 Å². The zero-order valence-electron chi connectivity index (χ0n) is 15.0. The van der Waals surface area contributed by atoms with E-state index in [0.717, 1.165) is 18.9 Å². The molecule has 5 nitrogen and oxygen atoms in total. The van der Waals surface area contributed by atoms with Crippen LogP contribution in [0, 0.1) is 5.92 Å². The van der Waals surface area contributed by atoms with E-state index in [9.17, 15) is 8.42 Å². The minimum atomic E-state index is -2.82. The fraction of sp³-hybridized carbons (Fsp3) is 0.632. The summed E-state index contributed by atoms with van der Waals surface area (Å²) in [6.07, 6.45) is 5.68. The van der Waals surface area contributed by atoms with Crippen molar-refractivity contribution in [2.24, 2.45) is 10.9 Å². The van der Waals surface area contributed by atoms with Crippen LogP contribution in [0.1, 0.15) is 37.7 Å². The lowest BCUT2D eigenvalue weighted by molar-refractivity contribution is 0.430. The highest BCUT2D eigenvalue weighted by Crippen LogP contribution is 2.40. The van der Waals surface area contributed by atoms with Crippen LogP contribution in [0.15, 0.2) is 35.3 Å². The van der Waals surface area contributed by atoms with Gasteiger partial charge in [-0.25, -0.2) is 8.42 Å². The van der Waals surface area contributed by atoms with Crippen molar-refractivity contribution in [2.75, 3.05) is 31.6 Å². The van der Waals surface area contributed by atoms with E-state index in [1.807, 2.05) is 0 Å². The Morgan fingerprint density at radius 3 is 2.52 bits per heavy atom. The maximum absolute atomic E-state index is 11.6. The quantitative estimate of drug-likeness (QED) is 0.621. The Balaban J connectivity index is 1.56. The molecular formula is C19H29N3O2S. The van der Waals surface area contributed by atoms with E-state index in [2.05, 4.69) is 46.0 Å². The first-order valence-electron chi connectivity index (χ1n) is 9.23. The molecule has 1 saturated carbocycles. The molecule has 1 saturated heterocycles. The van der Waals surface area contributed by atoms with Crippen LogP contribution in [0.2, 0.25) is 0 Å². The second-order valence-corrected chi connectivity index (χ2v) is 9.66. The molecule has 0 spiro atoms. The van der Waals surface area contributed by atoms with Crippen LogP contribution in [-0.4, -0.2) is 46.0 Å². The third kappa shape index (κ3) is 4.54. The van der Waals surface area contributed by atoms with Gasteiger partial charge in [-0.1, -0.05) is 43.2 Å². The summed E-state index contributed by atoms with van der Waals surface area (Å²) in [4.78, 5) is 4.32. The lowest BCUT2D eigenvalue weighted by Crippen LogP contribution is -2.46. The Labute approximate surface area is 151 Å². The van der Waals surface area contributed by atoms with Crippen molar-refractivity contribution < 1.29 is 8.42 Å². The van der Waals surface area contributed by atoms with Crippen LogP contribution in [0.25, 0.3) is 0 Å². The smallest absolute Gasteiger partial charge is 0.191 e. The maximum atomic E-state index is 11.6. The summed E-state index contributed by atoms with van der Waals surface area (Å²) in [6, 6.07) is 10.8. The third-order valence-electron chi connectivity index (χ3n) is 5.65. The summed E-state index contributed by atoms with van der Waals surface area (Å²) in [5.74, 6) is 1.58. The molecule has 2 fully saturated rings. The highest BCUT2D eigenvalue weighted by molar-refractivity contribution is 7.91. The van der Waals surface area contributed by atoms with E-state index in [-0.39, 0.29) is 11.3 Å². The molecule has 0 aromatic heterocycles. The van der Waals surface area contributed by atoms with E-state index >= 15 is 0 Å². The van der Waals surface area contributed by atoms with Gasteiger partial charge in [0, 0.05) is 25.6 Å². The first-order valence-corrected chi connectivity index (χ1v) is 11.1. The molecular weight excluding hydrogens is 334 g/mol. The van der Waals surface area contributed by atoms with Crippen LogP contribution in [-0.2, 0) is 15.3 Å². The number of nitrogens with one attached hydrogen (secondary N) is 2. The molecule has 1 aromatic rings. The maximum Gasteiger partial charge on any atom is 0.191 e. The van der Waals surface area contributed by atoms with Gasteiger partial charge in [-0.2, -0.15) is 0 Å². The molecule has 25 heavy (non-hydrogen) atoms. The van der Waals surface area contributed by atoms with Gasteiger partial charge in [-0.15, -0.1) is 0 Å². The van der Waals surface area contributed by atoms with E-state index in [4.69, 9.17) is 0 Å². The van der Waals surface area contributed by atoms with Gasteiger partial charge in [0.25, 0.3) is 0 Å². The van der Waals surface area contributed by atoms with Crippen LogP contribution in [0.3, 0.4) is 0 Å². The zero-order valence-corrected chi connectivity index (χ0v) is 15.8. The highest BCUT2D eigenvalue weighted by atomic mass is 32.2. The largest absolute Gasteiger partial charge is 0.356 e. The van der Waals surface area contributed by atoms with Gasteiger partial charge in [-0.05, 0) is 30.7 Å². The molecule has 1 unspecified atom stereocenters. The molecule has 2 N–H and O–H groups in total. The molecule has 1 aliphatic heterocycles. The van der Waals surface area contributed by atoms with Crippen molar-refractivity contribution in [2.45, 2.75) is 37.5 Å². The summed E-state index contributed by atoms with van der Waals surface area (Å²) < 4.78 is 23.2. The van der Waals surface area contributed by atoms with Crippen molar-refractivity contribution in [1.82, 2.24) is 10.6 Å². The molecule has 0 radical (unpaired) electrons. The van der Waals surface area contributed by atoms with E-state index in [0.29, 0.717) is 18.1 Å². The topological polar surface area (TPSA) is 70.6 Å². The second-order valence-electron chi connectivity index (χ2n) is 7.43. The van der Waals surface area contributed by atoms with Crippen molar-refractivity contribution >= 4 is 15.8 Å². The van der Waals surface area contributed by atoms with Gasteiger partial charge >= 0.3 is 0 Å². The Morgan fingerprint density at radius 2 is 1.92 bits per heavy atom. The molecule has 2 aliphatic rings. The van der Waals surface area contributed by atoms with Crippen molar-refractivity contribution in [3.05, 3.63) is 35.9 Å². The van der Waals surface area contributed by atoms with E-state index in [1.165, 1.54) is 31.2 Å². The van der Waals surface area contributed by atoms with Gasteiger partial charge in [0.2, 0.25) is 0 Å². The predicted molar refractivity (Wildman–Crippen MR) is 103 cm³/mol. The zero-order chi connectivity index (χ0) is 17.8. The summed E-state index contributed by atoms with van der Waals surface area (Å²) >= 11 is 0. The summed E-state index contributed by atoms with van der Waals surface area (Å²) in [5.41, 5.74) is 1.58. The fourth-order valence-electron chi connectivity index (χ4n) is 4.16. The number of sulfone groups is 1. The number of rotatable bonds is 5. The molecule has 0 amide bonds. The molecule has 1 atom stereocenters. The SMILES string of the molecule is CN=C(NCC1CCS(=O)(=O)C1)NCC1(c2ccccc2)CCCC1. The molecule has 0 bridgehead atoms. The molecule has 1 heterocycles. The number of hydrogen-bond acceptors (Lipinski definition) is 3. The highest BCUT2D eigenvalue weighted by Gasteiger charge is 2.35. The van der Waals surface area contributed by atoms with Crippen molar-refractivity contribution in [1.29, 1.82) is 0 Å². The fourth-order valence-corrected chi connectivity index (χ4v) is 6.02. The van der Waals surface area contributed by atoms with Crippen LogP contribution in [0.5, 0.6) is 0 Å². The predicted octanol–water partition coefficient (Wildman–Crippen LogP) is 2.10. The summed E-state index contributed by atoms with van der Waals surface area (Å²) in [7, 11) is -1.05. The summed E-state index contributed by atoms with van der Waals surface area (Å²) in [5, 5.41) is 6.80. The van der Waals surface area contributed by atoms with Crippen LogP contribution >= 0.6 is 0 Å². The minimum Gasteiger partial charge on any atom is -0.356 e. The van der Waals surface area contributed by atoms with Crippen LogP contribution in [0.4, 0.5) is 0 Å². The Kier molecular flexibility index (Phi) is 5.67. The Morgan fingerprint density at radius 1 is 1.20 bits per heavy atom. The van der Waals surface area contributed by atoms with Gasteiger partial charge in [0.15, 0.2) is 15.8 Å². The number of hydrogen-bond donors (Lipinski definition) is 2. The molecule has 6 heteroatoms. The Bertz CT molecular complexity index is 695. The van der Waals surface area contributed by atoms with E-state index < -0.39 is 9.84 Å². The normalized spacial score (nSPS) is 25.0. The molecule has 3 rings (SSSR count). The average Bonchev–Trinajstić information content (AvgIpc) is 3.23. The summed E-state index contributed by atoms with van der Waals surface area (Å²) in [6.45, 7) is 1.52. The standard InChI is InChI=1S/C19H29N3O2S/c1-20-18(21-13-16-9-12-25(23,24)14-16)22-15-19(10-5-6-11-19)17-7-3-2-4-8-17/h2-4,7-8,16H,5-6,9-15H2,1H3,(H2,20,21,22). The van der Waals surface area contributed by atoms with Gasteiger partial charge in [-0.3, -0.25) is 4.99 Å². The Hall–Kier alpha value is -1.56. The number of benzene rings is 1. The molecule has 1 aliphatic carbocycles. The minimum absolute atomic E-state index is 0.176. The van der Waals surface area contributed by atoms with Gasteiger partial charge in [0.05, 0.1) is 11.5 Å². The molecule has 138 valence electrons. The first kappa shape index (κ1) is 18.2. The van der Waals surface area contributed by atoms with E-state index in [1.54, 1.807) is 7.05 Å². The van der Waals surface area contributed by atoms with Crippen molar-refractivity contribution in [3.8, 4) is 0 Å². The third-order valence-corrected chi connectivity index (χ3v) is 7.49. The lowest BCUT2D eigenvalue weighted by atomic mass is 9.79.